The fourth-order valence-corrected chi connectivity index (χ4v) is 2.18. The van der Waals surface area contributed by atoms with Crippen molar-refractivity contribution >= 4 is 11.9 Å². The van der Waals surface area contributed by atoms with Gasteiger partial charge >= 0.3 is 5.97 Å². The molecule has 2 atom stereocenters. The first kappa shape index (κ1) is 13.2. The van der Waals surface area contributed by atoms with Crippen molar-refractivity contribution in [1.82, 2.24) is 4.90 Å². The summed E-state index contributed by atoms with van der Waals surface area (Å²) in [6.07, 6.45) is 0. The minimum absolute atomic E-state index is 0.0278. The zero-order valence-corrected chi connectivity index (χ0v) is 10.7. The Labute approximate surface area is 112 Å². The molecule has 2 unspecified atom stereocenters. The first-order chi connectivity index (χ1) is 9.08. The van der Waals surface area contributed by atoms with Crippen molar-refractivity contribution in [3.8, 4) is 11.8 Å². The Balaban J connectivity index is 2.03. The predicted octanol–water partition coefficient (Wildman–Crippen LogP) is 1.22. The molecule has 0 saturated carbocycles. The van der Waals surface area contributed by atoms with Crippen molar-refractivity contribution in [3.63, 3.8) is 0 Å². The number of carbonyl (C=O) groups is 2. The molecule has 4 nitrogen and oxygen atoms in total. The molecule has 1 N–H and O–H groups in total. The van der Waals surface area contributed by atoms with E-state index in [4.69, 9.17) is 5.11 Å². The van der Waals surface area contributed by atoms with Gasteiger partial charge in [-0.2, -0.15) is 0 Å². The summed E-state index contributed by atoms with van der Waals surface area (Å²) >= 11 is 0. The predicted molar refractivity (Wildman–Crippen MR) is 70.2 cm³/mol. The fraction of sp³-hybridized carbons (Fsp3) is 0.333. The van der Waals surface area contributed by atoms with Crippen molar-refractivity contribution < 1.29 is 14.7 Å². The molecule has 98 valence electrons. The molecule has 0 aromatic heterocycles. The van der Waals surface area contributed by atoms with Crippen LogP contribution in [0.1, 0.15) is 12.5 Å². The quantitative estimate of drug-likeness (QED) is 0.769. The van der Waals surface area contributed by atoms with E-state index in [1.54, 1.807) is 0 Å². The molecule has 2 rings (SSSR count). The number of carbonyl (C=O) groups excluding carboxylic acids is 1. The molecule has 1 aliphatic rings. The third kappa shape index (κ3) is 3.14. The van der Waals surface area contributed by atoms with Crippen LogP contribution in [0.2, 0.25) is 0 Å². The van der Waals surface area contributed by atoms with E-state index in [9.17, 15) is 9.59 Å². The van der Waals surface area contributed by atoms with Crippen LogP contribution >= 0.6 is 0 Å². The van der Waals surface area contributed by atoms with E-state index < -0.39 is 11.9 Å². The zero-order valence-electron chi connectivity index (χ0n) is 10.7. The summed E-state index contributed by atoms with van der Waals surface area (Å²) in [6.45, 7) is 2.55. The largest absolute Gasteiger partial charge is 0.481 e. The highest BCUT2D eigenvalue weighted by Crippen LogP contribution is 2.22. The van der Waals surface area contributed by atoms with E-state index in [0.29, 0.717) is 6.54 Å². The van der Waals surface area contributed by atoms with Crippen molar-refractivity contribution in [3.05, 3.63) is 35.9 Å². The van der Waals surface area contributed by atoms with Gasteiger partial charge in [0.15, 0.2) is 0 Å². The molecule has 1 aromatic carbocycles. The minimum Gasteiger partial charge on any atom is -0.481 e. The number of aliphatic carboxylic acids is 1. The normalized spacial score (nSPS) is 21.6. The molecule has 1 saturated heterocycles. The lowest BCUT2D eigenvalue weighted by Crippen LogP contribution is -2.28. The SMILES string of the molecule is CC1CN(C(=O)C#Cc2ccccc2)CC1C(=O)O. The van der Waals surface area contributed by atoms with Gasteiger partial charge in [-0.25, -0.2) is 0 Å². The van der Waals surface area contributed by atoms with E-state index in [2.05, 4.69) is 11.8 Å². The summed E-state index contributed by atoms with van der Waals surface area (Å²) < 4.78 is 0. The number of hydrogen-bond acceptors (Lipinski definition) is 2. The van der Waals surface area contributed by atoms with Crippen LogP contribution in [0.4, 0.5) is 0 Å². The first-order valence-corrected chi connectivity index (χ1v) is 6.16. The Morgan fingerprint density at radius 2 is 1.95 bits per heavy atom. The van der Waals surface area contributed by atoms with Crippen LogP contribution in [0.5, 0.6) is 0 Å². The van der Waals surface area contributed by atoms with Crippen LogP contribution < -0.4 is 0 Å². The Morgan fingerprint density at radius 3 is 2.53 bits per heavy atom. The third-order valence-electron chi connectivity index (χ3n) is 3.30. The van der Waals surface area contributed by atoms with Crippen molar-refractivity contribution in [2.75, 3.05) is 13.1 Å². The van der Waals surface area contributed by atoms with Crippen molar-refractivity contribution in [2.45, 2.75) is 6.92 Å². The Morgan fingerprint density at radius 1 is 1.26 bits per heavy atom. The van der Waals surface area contributed by atoms with Gasteiger partial charge in [-0.05, 0) is 18.1 Å². The molecule has 4 heteroatoms. The molecule has 1 aromatic rings. The number of carboxylic acid groups (broad SMARTS) is 1. The second-order valence-corrected chi connectivity index (χ2v) is 4.75. The summed E-state index contributed by atoms with van der Waals surface area (Å²) in [5.74, 6) is 3.69. The van der Waals surface area contributed by atoms with Gasteiger partial charge in [-0.3, -0.25) is 9.59 Å². The van der Waals surface area contributed by atoms with Gasteiger partial charge in [0.2, 0.25) is 0 Å². The van der Waals surface area contributed by atoms with E-state index in [0.717, 1.165) is 5.56 Å². The molecular formula is C15H15NO3. The molecule has 1 fully saturated rings. The lowest BCUT2D eigenvalue weighted by atomic mass is 9.99. The van der Waals surface area contributed by atoms with Gasteiger partial charge in [-0.1, -0.05) is 31.0 Å². The van der Waals surface area contributed by atoms with Gasteiger partial charge < -0.3 is 10.0 Å². The average molecular weight is 257 g/mol. The lowest BCUT2D eigenvalue weighted by molar-refractivity contribution is -0.142. The van der Waals surface area contributed by atoms with Crippen LogP contribution in [0.15, 0.2) is 30.3 Å². The van der Waals surface area contributed by atoms with Crippen molar-refractivity contribution in [1.29, 1.82) is 0 Å². The number of rotatable bonds is 1. The Hall–Kier alpha value is -2.28. The molecular weight excluding hydrogens is 242 g/mol. The van der Waals surface area contributed by atoms with E-state index in [1.807, 2.05) is 37.3 Å². The van der Waals surface area contributed by atoms with Crippen LogP contribution in [0.25, 0.3) is 0 Å². The second kappa shape index (κ2) is 5.57. The standard InChI is InChI=1S/C15H15NO3/c1-11-9-16(10-13(11)15(18)19)14(17)8-7-12-5-3-2-4-6-12/h2-6,11,13H,9-10H2,1H3,(H,18,19). The maximum absolute atomic E-state index is 11.9. The topological polar surface area (TPSA) is 57.6 Å². The molecule has 0 spiro atoms. The highest BCUT2D eigenvalue weighted by Gasteiger charge is 2.36. The van der Waals surface area contributed by atoms with Gasteiger partial charge in [0, 0.05) is 24.6 Å². The number of hydrogen-bond donors (Lipinski definition) is 1. The molecule has 1 amide bonds. The van der Waals surface area contributed by atoms with E-state index >= 15 is 0 Å². The summed E-state index contributed by atoms with van der Waals surface area (Å²) in [5.41, 5.74) is 0.776. The maximum atomic E-state index is 11.9. The second-order valence-electron chi connectivity index (χ2n) is 4.75. The lowest BCUT2D eigenvalue weighted by Gasteiger charge is -2.10. The summed E-state index contributed by atoms with van der Waals surface area (Å²) in [4.78, 5) is 24.4. The van der Waals surface area contributed by atoms with Crippen LogP contribution in [-0.2, 0) is 9.59 Å². The van der Waals surface area contributed by atoms with Gasteiger partial charge in [0.1, 0.15) is 0 Å². The number of benzene rings is 1. The number of nitrogens with zero attached hydrogens (tertiary/aromatic N) is 1. The highest BCUT2D eigenvalue weighted by molar-refractivity contribution is 5.94. The molecule has 0 bridgehead atoms. The fourth-order valence-electron chi connectivity index (χ4n) is 2.18. The molecule has 19 heavy (non-hydrogen) atoms. The van der Waals surface area contributed by atoms with Crippen molar-refractivity contribution in [2.24, 2.45) is 11.8 Å². The third-order valence-corrected chi connectivity index (χ3v) is 3.30. The number of carboxylic acids is 1. The minimum atomic E-state index is -0.848. The number of likely N-dealkylation sites (tertiary alicyclic amines) is 1. The van der Waals surface area contributed by atoms with E-state index in [1.165, 1.54) is 4.90 Å². The summed E-state index contributed by atoms with van der Waals surface area (Å²) in [7, 11) is 0. The number of amides is 1. The molecule has 0 radical (unpaired) electrons. The van der Waals surface area contributed by atoms with Gasteiger partial charge in [0.25, 0.3) is 5.91 Å². The molecule has 1 aliphatic heterocycles. The molecule has 1 heterocycles. The monoisotopic (exact) mass is 257 g/mol. The van der Waals surface area contributed by atoms with Crippen LogP contribution in [-0.4, -0.2) is 35.0 Å². The zero-order chi connectivity index (χ0) is 13.8. The first-order valence-electron chi connectivity index (χ1n) is 6.16. The maximum Gasteiger partial charge on any atom is 0.308 e. The Kier molecular flexibility index (Phi) is 3.86. The highest BCUT2D eigenvalue weighted by atomic mass is 16.4. The van der Waals surface area contributed by atoms with Crippen LogP contribution in [0, 0.1) is 23.7 Å². The van der Waals surface area contributed by atoms with E-state index in [-0.39, 0.29) is 18.4 Å². The van der Waals surface area contributed by atoms with Gasteiger partial charge in [-0.15, -0.1) is 0 Å². The van der Waals surface area contributed by atoms with Gasteiger partial charge in [0.05, 0.1) is 5.92 Å². The average Bonchev–Trinajstić information content (AvgIpc) is 2.79. The summed E-state index contributed by atoms with van der Waals surface area (Å²) in [6, 6.07) is 9.24. The smallest absolute Gasteiger partial charge is 0.308 e. The summed E-state index contributed by atoms with van der Waals surface area (Å²) in [5, 5.41) is 9.02. The van der Waals surface area contributed by atoms with Crippen LogP contribution in [0.3, 0.4) is 0 Å². The Bertz CT molecular complexity index is 542. The molecule has 0 aliphatic carbocycles.